The number of aromatic nitrogens is 1. The second kappa shape index (κ2) is 9.71. The highest BCUT2D eigenvalue weighted by molar-refractivity contribution is 6.13. The number of carbonyl (C=O) groups excluding carboxylic acids is 2. The number of methoxy groups -OCH3 is 1. The summed E-state index contributed by atoms with van der Waals surface area (Å²) in [4.78, 5) is 32.2. The van der Waals surface area contributed by atoms with Gasteiger partial charge >= 0.3 is 0 Å². The van der Waals surface area contributed by atoms with Crippen molar-refractivity contribution in [2.75, 3.05) is 38.2 Å². The second-order valence-electron chi connectivity index (χ2n) is 8.34. The maximum absolute atomic E-state index is 13.1. The number of nitrogens with two attached hydrogens (primary N) is 1. The molecule has 178 valence electrons. The highest BCUT2D eigenvalue weighted by Crippen LogP contribution is 2.30. The van der Waals surface area contributed by atoms with Crippen molar-refractivity contribution >= 4 is 29.0 Å². The van der Waals surface area contributed by atoms with Gasteiger partial charge in [0.1, 0.15) is 5.69 Å². The van der Waals surface area contributed by atoms with E-state index in [1.165, 1.54) is 11.7 Å². The molecule has 35 heavy (non-hydrogen) atoms. The number of carbonyl (C=O) groups is 2. The van der Waals surface area contributed by atoms with Gasteiger partial charge in [-0.25, -0.2) is 5.01 Å². The number of anilines is 1. The number of aliphatic imine (C=N–C) groups is 1. The molecule has 2 N–H and O–H groups in total. The summed E-state index contributed by atoms with van der Waals surface area (Å²) in [6, 6.07) is 16.6. The number of ether oxygens (including phenoxy) is 1. The number of amides is 1. The molecule has 0 bridgehead atoms. The van der Waals surface area contributed by atoms with Gasteiger partial charge < -0.3 is 9.64 Å². The van der Waals surface area contributed by atoms with Crippen molar-refractivity contribution in [3.05, 3.63) is 83.7 Å². The van der Waals surface area contributed by atoms with E-state index in [1.54, 1.807) is 29.5 Å². The van der Waals surface area contributed by atoms with Gasteiger partial charge in [-0.15, -0.1) is 10.2 Å². The number of fused-ring (bicyclic) bond motifs is 1. The number of amidine groups is 1. The zero-order valence-corrected chi connectivity index (χ0v) is 19.2. The molecule has 1 fully saturated rings. The van der Waals surface area contributed by atoms with Crippen molar-refractivity contribution in [3.8, 4) is 0 Å². The fourth-order valence-electron chi connectivity index (χ4n) is 4.16. The van der Waals surface area contributed by atoms with Gasteiger partial charge in [-0.2, -0.15) is 4.99 Å². The molecule has 0 unspecified atom stereocenters. The second-order valence-corrected chi connectivity index (χ2v) is 8.34. The Morgan fingerprint density at radius 2 is 1.69 bits per heavy atom. The minimum absolute atomic E-state index is 0.174. The van der Waals surface area contributed by atoms with E-state index in [0.717, 1.165) is 37.4 Å². The summed E-state index contributed by atoms with van der Waals surface area (Å²) in [5.41, 5.74) is 3.22. The summed E-state index contributed by atoms with van der Waals surface area (Å²) in [6.07, 6.45) is 2.38. The number of hydrazine groups is 1. The van der Waals surface area contributed by atoms with Crippen molar-refractivity contribution < 1.29 is 14.3 Å². The number of nitrogens with zero attached hydrogens (tertiary/aromatic N) is 6. The van der Waals surface area contributed by atoms with Gasteiger partial charge in [-0.05, 0) is 29.8 Å². The molecule has 10 heteroatoms. The van der Waals surface area contributed by atoms with Crippen LogP contribution in [0.1, 0.15) is 32.4 Å². The fraction of sp³-hybridized carbons (Fsp3) is 0.240. The van der Waals surface area contributed by atoms with Crippen LogP contribution in [-0.2, 0) is 4.74 Å². The van der Waals surface area contributed by atoms with E-state index in [1.807, 2.05) is 42.5 Å². The standard InChI is InChI=1S/C25H25N7O3/c1-35-22(17-5-3-2-4-6-17)25(34)31-15-20-21(16-31)28-29-23(20)27-24(33)18-7-9-19(10-8-18)30-11-13-32(26)14-12-30/h2-10,15-16,22H,11-14,26H2,1H3/t22-/m1/s1. The largest absolute Gasteiger partial charge is 0.369 e. The highest BCUT2D eigenvalue weighted by atomic mass is 16.5. The molecular formula is C25H25N7O3. The van der Waals surface area contributed by atoms with E-state index in [4.69, 9.17) is 10.6 Å². The Hall–Kier alpha value is -3.99. The Bertz CT molecular complexity index is 1290. The lowest BCUT2D eigenvalue weighted by atomic mass is 10.1. The van der Waals surface area contributed by atoms with Gasteiger partial charge in [0.05, 0.1) is 5.56 Å². The molecule has 0 radical (unpaired) electrons. The summed E-state index contributed by atoms with van der Waals surface area (Å²) >= 11 is 0. The summed E-state index contributed by atoms with van der Waals surface area (Å²) < 4.78 is 6.84. The van der Waals surface area contributed by atoms with Crippen LogP contribution in [0.15, 0.2) is 82.2 Å². The van der Waals surface area contributed by atoms with Crippen LogP contribution >= 0.6 is 0 Å². The molecule has 0 spiro atoms. The Morgan fingerprint density at radius 3 is 2.37 bits per heavy atom. The van der Waals surface area contributed by atoms with E-state index >= 15 is 0 Å². The average molecular weight is 472 g/mol. The molecule has 1 aromatic heterocycles. The first-order chi connectivity index (χ1) is 17.0. The van der Waals surface area contributed by atoms with Crippen molar-refractivity contribution in [2.45, 2.75) is 6.10 Å². The lowest BCUT2D eigenvalue weighted by molar-refractivity contribution is 0.0514. The summed E-state index contributed by atoms with van der Waals surface area (Å²) in [5.74, 6) is 5.29. The van der Waals surface area contributed by atoms with E-state index in [2.05, 4.69) is 20.1 Å². The quantitative estimate of drug-likeness (QED) is 0.571. The average Bonchev–Trinajstić information content (AvgIpc) is 3.48. The minimum Gasteiger partial charge on any atom is -0.369 e. The topological polar surface area (TPSA) is 118 Å². The van der Waals surface area contributed by atoms with Crippen molar-refractivity contribution in [3.63, 3.8) is 0 Å². The Morgan fingerprint density at radius 1 is 0.971 bits per heavy atom. The van der Waals surface area contributed by atoms with E-state index in [9.17, 15) is 9.59 Å². The van der Waals surface area contributed by atoms with Gasteiger partial charge in [-0.1, -0.05) is 30.3 Å². The SMILES string of the molecule is CO[C@@H](C(=O)n1cc2c(c1)C(=NC(=O)c1ccc(N3CCN(N)CC3)cc1)N=N2)c1ccccc1. The normalized spacial score (nSPS) is 17.5. The van der Waals surface area contributed by atoms with Crippen LogP contribution in [0.3, 0.4) is 0 Å². The van der Waals surface area contributed by atoms with Crippen LogP contribution in [0.4, 0.5) is 11.4 Å². The third kappa shape index (κ3) is 4.67. The number of benzene rings is 2. The molecule has 0 aliphatic carbocycles. The predicted molar refractivity (Wildman–Crippen MR) is 131 cm³/mol. The molecule has 2 aliphatic heterocycles. The van der Waals surface area contributed by atoms with E-state index in [-0.39, 0.29) is 11.7 Å². The molecule has 10 nitrogen and oxygen atoms in total. The van der Waals surface area contributed by atoms with E-state index in [0.29, 0.717) is 16.8 Å². The summed E-state index contributed by atoms with van der Waals surface area (Å²) in [7, 11) is 1.49. The predicted octanol–water partition coefficient (Wildman–Crippen LogP) is 3.20. The van der Waals surface area contributed by atoms with Crippen LogP contribution in [0.25, 0.3) is 0 Å². The summed E-state index contributed by atoms with van der Waals surface area (Å²) in [6.45, 7) is 3.25. The van der Waals surface area contributed by atoms with Crippen LogP contribution < -0.4 is 10.7 Å². The Balaban J connectivity index is 1.32. The molecule has 1 amide bonds. The van der Waals surface area contributed by atoms with Gasteiger partial charge in [0.25, 0.3) is 11.8 Å². The van der Waals surface area contributed by atoms with Crippen LogP contribution in [0, 0.1) is 0 Å². The summed E-state index contributed by atoms with van der Waals surface area (Å²) in [5, 5.41) is 9.90. The van der Waals surface area contributed by atoms with Crippen molar-refractivity contribution in [2.24, 2.45) is 21.1 Å². The molecule has 3 heterocycles. The molecule has 1 saturated heterocycles. The van der Waals surface area contributed by atoms with Crippen LogP contribution in [0.5, 0.6) is 0 Å². The van der Waals surface area contributed by atoms with Gasteiger partial charge in [0.2, 0.25) is 0 Å². The number of hydrogen-bond acceptors (Lipinski definition) is 7. The molecule has 3 aromatic rings. The van der Waals surface area contributed by atoms with Gasteiger partial charge in [-0.3, -0.25) is 20.0 Å². The first-order valence-electron chi connectivity index (χ1n) is 11.3. The third-order valence-electron chi connectivity index (χ3n) is 6.12. The lowest BCUT2D eigenvalue weighted by Crippen LogP contribution is -2.49. The van der Waals surface area contributed by atoms with Crippen LogP contribution in [-0.4, -0.2) is 60.5 Å². The Labute approximate surface area is 202 Å². The zero-order valence-electron chi connectivity index (χ0n) is 19.2. The number of piperazine rings is 1. The molecular weight excluding hydrogens is 446 g/mol. The van der Waals surface area contributed by atoms with Crippen molar-refractivity contribution in [1.82, 2.24) is 9.58 Å². The first-order valence-corrected chi connectivity index (χ1v) is 11.3. The molecule has 0 saturated carbocycles. The number of hydrogen-bond donors (Lipinski definition) is 1. The number of azo groups is 1. The minimum atomic E-state index is -0.769. The molecule has 5 rings (SSSR count). The smallest absolute Gasteiger partial charge is 0.279 e. The maximum Gasteiger partial charge on any atom is 0.279 e. The molecule has 2 aliphatic rings. The molecule has 2 aromatic carbocycles. The maximum atomic E-state index is 13.1. The first kappa shape index (κ1) is 22.8. The zero-order chi connectivity index (χ0) is 24.4. The number of rotatable bonds is 5. The third-order valence-corrected chi connectivity index (χ3v) is 6.12. The van der Waals surface area contributed by atoms with Crippen molar-refractivity contribution in [1.29, 1.82) is 0 Å². The molecule has 1 atom stereocenters. The fourth-order valence-corrected chi connectivity index (χ4v) is 4.16. The Kier molecular flexibility index (Phi) is 6.32. The van der Waals surface area contributed by atoms with E-state index < -0.39 is 12.0 Å². The van der Waals surface area contributed by atoms with Gasteiger partial charge in [0.15, 0.2) is 11.9 Å². The lowest BCUT2D eigenvalue weighted by Gasteiger charge is -2.33. The van der Waals surface area contributed by atoms with Crippen LogP contribution in [0.2, 0.25) is 0 Å². The van der Waals surface area contributed by atoms with Gasteiger partial charge in [0, 0.05) is 56.9 Å². The highest BCUT2D eigenvalue weighted by Gasteiger charge is 2.26. The monoisotopic (exact) mass is 471 g/mol.